The molecule has 0 atom stereocenters. The predicted molar refractivity (Wildman–Crippen MR) is 70.4 cm³/mol. The van der Waals surface area contributed by atoms with Crippen LogP contribution in [0.2, 0.25) is 10.0 Å². The molecule has 0 saturated carbocycles. The monoisotopic (exact) mass is 290 g/mol. The second-order valence-corrected chi connectivity index (χ2v) is 4.56. The van der Waals surface area contributed by atoms with Crippen LogP contribution in [0, 0.1) is 10.1 Å². The lowest BCUT2D eigenvalue weighted by Crippen LogP contribution is -2.27. The van der Waals surface area contributed by atoms with E-state index in [4.69, 9.17) is 23.2 Å². The average Bonchev–Trinajstić information content (AvgIpc) is 2.31. The maximum Gasteiger partial charge on any atom is 0.271 e. The molecule has 0 aromatic heterocycles. The van der Waals surface area contributed by atoms with E-state index in [0.29, 0.717) is 6.54 Å². The van der Waals surface area contributed by atoms with Crippen LogP contribution in [0.5, 0.6) is 0 Å². The number of hydrogen-bond donors (Lipinski definition) is 0. The minimum atomic E-state index is -0.612. The quantitative estimate of drug-likeness (QED) is 0.631. The van der Waals surface area contributed by atoms with Gasteiger partial charge in [-0.3, -0.25) is 14.9 Å². The van der Waals surface area contributed by atoms with Crippen LogP contribution >= 0.6 is 23.2 Å². The fourth-order valence-electron chi connectivity index (χ4n) is 1.48. The van der Waals surface area contributed by atoms with Crippen molar-refractivity contribution in [2.45, 2.75) is 13.3 Å². The van der Waals surface area contributed by atoms with Crippen molar-refractivity contribution in [1.82, 2.24) is 4.90 Å². The lowest BCUT2D eigenvalue weighted by molar-refractivity contribution is -0.384. The molecular formula is C11H12Cl2N2O3. The number of nitrogens with zero attached hydrogens (tertiary/aromatic N) is 2. The van der Waals surface area contributed by atoms with E-state index >= 15 is 0 Å². The van der Waals surface area contributed by atoms with Gasteiger partial charge in [0.2, 0.25) is 0 Å². The molecule has 0 spiro atoms. The highest BCUT2D eigenvalue weighted by molar-refractivity contribution is 6.44. The van der Waals surface area contributed by atoms with Gasteiger partial charge in [-0.2, -0.15) is 0 Å². The molecule has 1 aromatic rings. The van der Waals surface area contributed by atoms with Crippen molar-refractivity contribution in [3.8, 4) is 0 Å². The molecule has 98 valence electrons. The SMILES string of the molecule is CCCN(C)C(=O)c1cc([N+](=O)[O-])cc(Cl)c1Cl. The predicted octanol–water partition coefficient (Wildman–Crippen LogP) is 3.38. The van der Waals surface area contributed by atoms with Crippen molar-refractivity contribution in [3.63, 3.8) is 0 Å². The fraction of sp³-hybridized carbons (Fsp3) is 0.364. The van der Waals surface area contributed by atoms with Crippen molar-refractivity contribution in [2.75, 3.05) is 13.6 Å². The van der Waals surface area contributed by atoms with Gasteiger partial charge in [0.25, 0.3) is 11.6 Å². The molecule has 0 N–H and O–H groups in total. The lowest BCUT2D eigenvalue weighted by Gasteiger charge is -2.17. The molecule has 0 fully saturated rings. The third kappa shape index (κ3) is 3.11. The third-order valence-electron chi connectivity index (χ3n) is 2.36. The highest BCUT2D eigenvalue weighted by atomic mass is 35.5. The molecule has 1 amide bonds. The Kier molecular flexibility index (Phi) is 4.93. The number of amides is 1. The number of nitro groups is 1. The zero-order valence-corrected chi connectivity index (χ0v) is 11.5. The first-order valence-electron chi connectivity index (χ1n) is 5.27. The molecule has 0 heterocycles. The number of non-ortho nitro benzene ring substituents is 1. The van der Waals surface area contributed by atoms with E-state index in [0.717, 1.165) is 18.6 Å². The Labute approximate surface area is 114 Å². The molecule has 0 radical (unpaired) electrons. The number of carbonyl (C=O) groups excluding carboxylic acids is 1. The topological polar surface area (TPSA) is 63.5 Å². The Morgan fingerprint density at radius 1 is 1.44 bits per heavy atom. The van der Waals surface area contributed by atoms with Gasteiger partial charge in [-0.15, -0.1) is 0 Å². The van der Waals surface area contributed by atoms with Crippen molar-refractivity contribution in [2.24, 2.45) is 0 Å². The van der Waals surface area contributed by atoms with E-state index in [2.05, 4.69) is 0 Å². The normalized spacial score (nSPS) is 10.2. The van der Waals surface area contributed by atoms with Gasteiger partial charge < -0.3 is 4.90 Å². The van der Waals surface area contributed by atoms with Crippen LogP contribution in [0.25, 0.3) is 0 Å². The number of carbonyl (C=O) groups is 1. The smallest absolute Gasteiger partial charge is 0.271 e. The number of nitro benzene ring substituents is 1. The van der Waals surface area contributed by atoms with Crippen LogP contribution in [-0.2, 0) is 0 Å². The summed E-state index contributed by atoms with van der Waals surface area (Å²) in [5.74, 6) is -0.382. The standard InChI is InChI=1S/C11H12Cl2N2O3/c1-3-4-14(2)11(16)8-5-7(15(17)18)6-9(12)10(8)13/h5-6H,3-4H2,1-2H3. The summed E-state index contributed by atoms with van der Waals surface area (Å²) in [4.78, 5) is 23.6. The molecule has 0 aliphatic rings. The molecule has 7 heteroatoms. The molecule has 5 nitrogen and oxygen atoms in total. The first-order valence-corrected chi connectivity index (χ1v) is 6.03. The second-order valence-electron chi connectivity index (χ2n) is 3.77. The van der Waals surface area contributed by atoms with Crippen molar-refractivity contribution >= 4 is 34.8 Å². The van der Waals surface area contributed by atoms with Gasteiger partial charge >= 0.3 is 0 Å². The summed E-state index contributed by atoms with van der Waals surface area (Å²) < 4.78 is 0. The highest BCUT2D eigenvalue weighted by Gasteiger charge is 2.21. The maximum atomic E-state index is 12.0. The minimum absolute atomic E-state index is 0.000819. The Morgan fingerprint density at radius 2 is 2.06 bits per heavy atom. The van der Waals surface area contributed by atoms with Crippen LogP contribution in [-0.4, -0.2) is 29.3 Å². The van der Waals surface area contributed by atoms with Gasteiger partial charge in [0.15, 0.2) is 0 Å². The molecule has 0 unspecified atom stereocenters. The lowest BCUT2D eigenvalue weighted by atomic mass is 10.1. The number of rotatable bonds is 4. The molecule has 0 saturated heterocycles. The minimum Gasteiger partial charge on any atom is -0.342 e. The molecule has 0 aliphatic carbocycles. The molecule has 18 heavy (non-hydrogen) atoms. The Morgan fingerprint density at radius 3 is 2.56 bits per heavy atom. The zero-order valence-electron chi connectivity index (χ0n) is 9.94. The summed E-state index contributed by atoms with van der Waals surface area (Å²) in [7, 11) is 1.61. The van der Waals surface area contributed by atoms with Gasteiger partial charge in [0.05, 0.1) is 20.5 Å². The maximum absolute atomic E-state index is 12.0. The first-order chi connectivity index (χ1) is 8.38. The number of halogens is 2. The molecule has 1 aromatic carbocycles. The second kappa shape index (κ2) is 6.02. The molecular weight excluding hydrogens is 279 g/mol. The van der Waals surface area contributed by atoms with Gasteiger partial charge in [0.1, 0.15) is 0 Å². The van der Waals surface area contributed by atoms with Crippen LogP contribution in [0.15, 0.2) is 12.1 Å². The third-order valence-corrected chi connectivity index (χ3v) is 3.16. The number of benzene rings is 1. The fourth-order valence-corrected chi connectivity index (χ4v) is 1.88. The average molecular weight is 291 g/mol. The van der Waals surface area contributed by atoms with Crippen molar-refractivity contribution < 1.29 is 9.72 Å². The van der Waals surface area contributed by atoms with Gasteiger partial charge in [-0.25, -0.2) is 0 Å². The van der Waals surface area contributed by atoms with Crippen LogP contribution in [0.1, 0.15) is 23.7 Å². The Hall–Kier alpha value is -1.33. The van der Waals surface area contributed by atoms with E-state index in [9.17, 15) is 14.9 Å². The van der Waals surface area contributed by atoms with Crippen LogP contribution in [0.4, 0.5) is 5.69 Å². The van der Waals surface area contributed by atoms with Crippen LogP contribution < -0.4 is 0 Å². The van der Waals surface area contributed by atoms with Gasteiger partial charge in [-0.1, -0.05) is 30.1 Å². The van der Waals surface area contributed by atoms with Crippen molar-refractivity contribution in [1.29, 1.82) is 0 Å². The van der Waals surface area contributed by atoms with E-state index in [1.54, 1.807) is 7.05 Å². The van der Waals surface area contributed by atoms with Gasteiger partial charge in [0, 0.05) is 25.7 Å². The summed E-state index contributed by atoms with van der Waals surface area (Å²) in [6.45, 7) is 2.46. The molecule has 0 bridgehead atoms. The molecule has 1 rings (SSSR count). The summed E-state index contributed by atoms with van der Waals surface area (Å²) in [5.41, 5.74) is -0.204. The number of hydrogen-bond acceptors (Lipinski definition) is 3. The summed E-state index contributed by atoms with van der Waals surface area (Å²) >= 11 is 11.7. The van der Waals surface area contributed by atoms with Gasteiger partial charge in [-0.05, 0) is 6.42 Å². The summed E-state index contributed by atoms with van der Waals surface area (Å²) in [6.07, 6.45) is 0.780. The Bertz CT molecular complexity index is 491. The highest BCUT2D eigenvalue weighted by Crippen LogP contribution is 2.31. The molecule has 0 aliphatic heterocycles. The largest absolute Gasteiger partial charge is 0.342 e. The summed E-state index contributed by atoms with van der Waals surface area (Å²) in [6, 6.07) is 2.27. The van der Waals surface area contributed by atoms with Crippen LogP contribution in [0.3, 0.4) is 0 Å². The Balaban J connectivity index is 3.22. The van der Waals surface area contributed by atoms with E-state index in [-0.39, 0.29) is 27.2 Å². The zero-order chi connectivity index (χ0) is 13.9. The van der Waals surface area contributed by atoms with Crippen molar-refractivity contribution in [3.05, 3.63) is 37.9 Å². The van der Waals surface area contributed by atoms with E-state index in [1.807, 2.05) is 6.92 Å². The first kappa shape index (κ1) is 14.7. The van der Waals surface area contributed by atoms with E-state index in [1.165, 1.54) is 4.90 Å². The van der Waals surface area contributed by atoms with E-state index < -0.39 is 4.92 Å². The summed E-state index contributed by atoms with van der Waals surface area (Å²) in [5, 5.41) is 10.8.